The second-order valence-electron chi connectivity index (χ2n) is 7.60. The minimum Gasteiger partial charge on any atom is -0.510 e. The Labute approximate surface area is 214 Å². The number of morpholine rings is 1. The minimum atomic E-state index is -1.00. The van der Waals surface area contributed by atoms with Crippen LogP contribution < -0.4 is 0 Å². The van der Waals surface area contributed by atoms with E-state index in [1.165, 1.54) is 11.3 Å². The van der Waals surface area contributed by atoms with Crippen molar-refractivity contribution in [3.63, 3.8) is 0 Å². The van der Waals surface area contributed by atoms with Crippen LogP contribution in [-0.4, -0.2) is 81.9 Å². The van der Waals surface area contributed by atoms with Crippen molar-refractivity contribution >= 4 is 21.4 Å². The number of hydrogen-bond acceptors (Lipinski definition) is 3. The third kappa shape index (κ3) is 9.51. The molecule has 1 aromatic rings. The van der Waals surface area contributed by atoms with Crippen LogP contribution in [0.5, 0.6) is 0 Å². The molecule has 2 radical (unpaired) electrons. The molecule has 1 fully saturated rings. The van der Waals surface area contributed by atoms with Crippen LogP contribution in [-0.2, 0) is 30.6 Å². The Morgan fingerprint density at radius 3 is 1.94 bits per heavy atom. The maximum absolute atomic E-state index is 11.3. The van der Waals surface area contributed by atoms with Gasteiger partial charge < -0.3 is 9.84 Å². The van der Waals surface area contributed by atoms with Gasteiger partial charge in [-0.05, 0) is 44.7 Å². The zero-order chi connectivity index (χ0) is 24.7. The maximum atomic E-state index is 11.3. The third-order valence-corrected chi connectivity index (χ3v) is 5.74. The Bertz CT molecular complexity index is 812. The van der Waals surface area contributed by atoms with Crippen LogP contribution in [0.4, 0.5) is 17.3 Å². The first-order valence-electron chi connectivity index (χ1n) is 10.6. The first kappa shape index (κ1) is 32.3. The van der Waals surface area contributed by atoms with Crippen LogP contribution in [0.15, 0.2) is 66.0 Å². The smallest absolute Gasteiger partial charge is 0.510 e. The molecular formula is C23H31B2F4N2O2Zn+. The van der Waals surface area contributed by atoms with Crippen molar-refractivity contribution in [3.8, 4) is 0 Å². The molecule has 1 aliphatic heterocycles. The van der Waals surface area contributed by atoms with Crippen molar-refractivity contribution in [1.82, 2.24) is 4.90 Å². The van der Waals surface area contributed by atoms with Crippen LogP contribution in [0.2, 0.25) is 0 Å². The normalized spacial score (nSPS) is 16.3. The predicted molar refractivity (Wildman–Crippen MR) is 127 cm³/mol. The van der Waals surface area contributed by atoms with Crippen LogP contribution in [0.1, 0.15) is 18.9 Å². The molecule has 0 aromatic heterocycles. The number of nitrogens with zero attached hydrogens (tertiary/aromatic N) is 2. The van der Waals surface area contributed by atoms with Gasteiger partial charge in [-0.25, -0.2) is 4.58 Å². The SMILES string of the molecule is CCC(Cc1ccccc1)(C(O)=C1C=CC(=[N+]2CCOCC2)C=C1)N(C)C.F[B]F.F[B]F.[Zn]. The largest absolute Gasteiger partial charge is 0.577 e. The number of aliphatic hydroxyl groups excluding tert-OH is 1. The van der Waals surface area contributed by atoms with E-state index in [0.29, 0.717) is 5.76 Å². The first-order valence-corrected chi connectivity index (χ1v) is 10.6. The van der Waals surface area contributed by atoms with Gasteiger partial charge in [-0.2, -0.15) is 0 Å². The molecule has 0 amide bonds. The summed E-state index contributed by atoms with van der Waals surface area (Å²) in [7, 11) is 2.09. The molecule has 1 N–H and O–H groups in total. The molecule has 0 spiro atoms. The maximum Gasteiger partial charge on any atom is 0.577 e. The zero-order valence-electron chi connectivity index (χ0n) is 20.1. The average Bonchev–Trinajstić information content (AvgIpc) is 2.84. The summed E-state index contributed by atoms with van der Waals surface area (Å²) in [6, 6.07) is 10.4. The number of aliphatic hydroxyl groups is 1. The molecule has 180 valence electrons. The Balaban J connectivity index is 0.00000141. The average molecular weight is 531 g/mol. The second kappa shape index (κ2) is 17.7. The zero-order valence-corrected chi connectivity index (χ0v) is 23.0. The number of likely N-dealkylation sites (N-methyl/N-ethyl adjacent to an activating group) is 1. The Morgan fingerprint density at radius 1 is 1.00 bits per heavy atom. The van der Waals surface area contributed by atoms with Gasteiger partial charge >= 0.3 is 15.7 Å². The first-order chi connectivity index (χ1) is 15.9. The van der Waals surface area contributed by atoms with E-state index in [1.807, 2.05) is 32.3 Å². The van der Waals surface area contributed by atoms with E-state index in [2.05, 4.69) is 52.8 Å². The summed E-state index contributed by atoms with van der Waals surface area (Å²) in [6.45, 7) is 5.52. The second-order valence-corrected chi connectivity index (χ2v) is 7.60. The standard InChI is InChI=1S/C23H30N2O2.2BF2.Zn/c1-4-23(24(2)3,18-19-8-6-5-7-9-19)22(26)20-10-12-21(13-11-20)25-14-16-27-17-15-25;2*2-1-3;/h5-13H,4,14-18H2,1-3H3;;;/p+1. The van der Waals surface area contributed by atoms with Gasteiger partial charge in [0.15, 0.2) is 18.8 Å². The van der Waals surface area contributed by atoms with Crippen molar-refractivity contribution in [1.29, 1.82) is 0 Å². The molecule has 0 saturated carbocycles. The number of rotatable bonds is 5. The Kier molecular flexibility index (Phi) is 16.8. The Morgan fingerprint density at radius 2 is 1.50 bits per heavy atom. The van der Waals surface area contributed by atoms with E-state index in [9.17, 15) is 22.4 Å². The van der Waals surface area contributed by atoms with Crippen LogP contribution in [0, 0.1) is 0 Å². The monoisotopic (exact) mass is 529 g/mol. The van der Waals surface area contributed by atoms with Crippen molar-refractivity contribution in [2.75, 3.05) is 40.4 Å². The molecule has 1 heterocycles. The fraction of sp³-hybridized carbons (Fsp3) is 0.435. The van der Waals surface area contributed by atoms with Gasteiger partial charge in [-0.15, -0.1) is 0 Å². The van der Waals surface area contributed by atoms with Gasteiger partial charge in [-0.3, -0.25) is 22.2 Å². The molecule has 4 nitrogen and oxygen atoms in total. The molecular weight excluding hydrogens is 499 g/mol. The fourth-order valence-corrected chi connectivity index (χ4v) is 3.92. The molecule has 1 aromatic carbocycles. The minimum absolute atomic E-state index is 0. The summed E-state index contributed by atoms with van der Waals surface area (Å²) >= 11 is 0. The molecule has 2 aliphatic rings. The van der Waals surface area contributed by atoms with E-state index >= 15 is 0 Å². The van der Waals surface area contributed by atoms with Crippen molar-refractivity contribution in [2.45, 2.75) is 25.3 Å². The third-order valence-electron chi connectivity index (χ3n) is 5.74. The molecule has 1 unspecified atom stereocenters. The van der Waals surface area contributed by atoms with Gasteiger partial charge in [0.2, 0.25) is 0 Å². The molecule has 1 atom stereocenters. The topological polar surface area (TPSA) is 35.7 Å². The summed E-state index contributed by atoms with van der Waals surface area (Å²) in [5.74, 6) is 0.437. The van der Waals surface area contributed by atoms with E-state index in [4.69, 9.17) is 4.74 Å². The van der Waals surface area contributed by atoms with Gasteiger partial charge in [-0.1, -0.05) is 37.3 Å². The van der Waals surface area contributed by atoms with E-state index in [0.717, 1.165) is 44.7 Å². The van der Waals surface area contributed by atoms with Gasteiger partial charge in [0.05, 0.1) is 5.54 Å². The summed E-state index contributed by atoms with van der Waals surface area (Å²) in [5, 5.41) is 11.3. The van der Waals surface area contributed by atoms with E-state index in [1.54, 1.807) is 0 Å². The molecule has 1 aliphatic carbocycles. The fourth-order valence-electron chi connectivity index (χ4n) is 3.92. The molecule has 34 heavy (non-hydrogen) atoms. The van der Waals surface area contributed by atoms with Crippen molar-refractivity contribution in [3.05, 3.63) is 71.5 Å². The van der Waals surface area contributed by atoms with E-state index in [-0.39, 0.29) is 19.5 Å². The summed E-state index contributed by atoms with van der Waals surface area (Å²) in [5.41, 5.74) is 2.87. The number of hydrogen-bond donors (Lipinski definition) is 1. The van der Waals surface area contributed by atoms with Crippen molar-refractivity contribution < 1.29 is 51.2 Å². The quantitative estimate of drug-likeness (QED) is 0.267. The number of halogens is 4. The van der Waals surface area contributed by atoms with Crippen LogP contribution in [0.25, 0.3) is 0 Å². The number of allylic oxidation sites excluding steroid dienone is 5. The number of ether oxygens (including phenoxy) is 1. The van der Waals surface area contributed by atoms with Crippen LogP contribution >= 0.6 is 0 Å². The van der Waals surface area contributed by atoms with Gasteiger partial charge in [0.25, 0.3) is 0 Å². The molecule has 3 rings (SSSR count). The molecule has 1 saturated heterocycles. The summed E-state index contributed by atoms with van der Waals surface area (Å²) in [4.78, 5) is 2.14. The Hall–Kier alpha value is -1.70. The van der Waals surface area contributed by atoms with Crippen LogP contribution in [0.3, 0.4) is 0 Å². The van der Waals surface area contributed by atoms with Gasteiger partial charge in [0.1, 0.15) is 19.0 Å². The van der Waals surface area contributed by atoms with E-state index < -0.39 is 21.2 Å². The van der Waals surface area contributed by atoms with Gasteiger partial charge in [0, 0.05) is 37.2 Å². The molecule has 11 heteroatoms. The predicted octanol–water partition coefficient (Wildman–Crippen LogP) is 4.28. The summed E-state index contributed by atoms with van der Waals surface area (Å²) in [6.07, 6.45) is 9.89. The van der Waals surface area contributed by atoms with Crippen molar-refractivity contribution in [2.24, 2.45) is 0 Å². The number of benzene rings is 1. The summed E-state index contributed by atoms with van der Waals surface area (Å²) < 4.78 is 45.8. The molecule has 0 bridgehead atoms.